The Balaban J connectivity index is 1.72. The third-order valence-corrected chi connectivity index (χ3v) is 5.33. The minimum Gasteiger partial charge on any atom is -0.334 e. The number of rotatable bonds is 2. The monoisotopic (exact) mass is 388 g/mol. The Kier molecular flexibility index (Phi) is 4.18. The maximum atomic E-state index is 13.0. The van der Waals surface area contributed by atoms with Crippen LogP contribution in [0.15, 0.2) is 28.7 Å². The maximum absolute atomic E-state index is 13.0. The Labute approximate surface area is 150 Å². The Hall–Kier alpha value is -1.66. The van der Waals surface area contributed by atoms with Crippen LogP contribution in [-0.4, -0.2) is 46.3 Å². The lowest BCUT2D eigenvalue weighted by molar-refractivity contribution is 0.0701. The zero-order valence-corrected chi connectivity index (χ0v) is 15.3. The van der Waals surface area contributed by atoms with Crippen molar-refractivity contribution in [1.82, 2.24) is 20.0 Å². The smallest absolute Gasteiger partial charge is 0.274 e. The summed E-state index contributed by atoms with van der Waals surface area (Å²) in [5.74, 6) is 0.0789. The molecule has 126 valence electrons. The number of benzene rings is 1. The van der Waals surface area contributed by atoms with Crippen molar-refractivity contribution in [3.8, 4) is 5.69 Å². The molecule has 1 fully saturated rings. The molecule has 0 radical (unpaired) electrons. The molecule has 2 aliphatic rings. The van der Waals surface area contributed by atoms with Gasteiger partial charge in [-0.25, -0.2) is 4.68 Å². The van der Waals surface area contributed by atoms with E-state index in [1.165, 1.54) is 5.69 Å². The number of fused-ring (bicyclic) bond motifs is 1. The van der Waals surface area contributed by atoms with Crippen molar-refractivity contribution in [2.75, 3.05) is 19.6 Å². The maximum Gasteiger partial charge on any atom is 0.274 e. The van der Waals surface area contributed by atoms with E-state index in [0.717, 1.165) is 54.6 Å². The molecule has 1 saturated heterocycles. The molecule has 2 aromatic rings. The van der Waals surface area contributed by atoms with Crippen molar-refractivity contribution >= 4 is 21.8 Å². The van der Waals surface area contributed by atoms with Crippen molar-refractivity contribution in [3.05, 3.63) is 45.7 Å². The van der Waals surface area contributed by atoms with Gasteiger partial charge in [0.1, 0.15) is 0 Å². The molecule has 1 aromatic carbocycles. The number of nitrogens with one attached hydrogen (secondary N) is 1. The fourth-order valence-corrected chi connectivity index (χ4v) is 4.08. The van der Waals surface area contributed by atoms with Gasteiger partial charge in [-0.15, -0.1) is 0 Å². The second kappa shape index (κ2) is 6.33. The lowest BCUT2D eigenvalue weighted by atomic mass is 10.1. The van der Waals surface area contributed by atoms with Crippen molar-refractivity contribution < 1.29 is 4.79 Å². The Morgan fingerprint density at radius 1 is 1.38 bits per heavy atom. The third kappa shape index (κ3) is 2.78. The first-order valence-electron chi connectivity index (χ1n) is 8.53. The highest BCUT2D eigenvalue weighted by atomic mass is 79.9. The number of carbonyl (C=O) groups is 1. The van der Waals surface area contributed by atoms with E-state index in [1.54, 1.807) is 0 Å². The van der Waals surface area contributed by atoms with E-state index < -0.39 is 0 Å². The molecule has 1 amide bonds. The van der Waals surface area contributed by atoms with Crippen LogP contribution in [0.5, 0.6) is 0 Å². The fourth-order valence-electron chi connectivity index (χ4n) is 3.70. The highest BCUT2D eigenvalue weighted by Gasteiger charge is 2.31. The van der Waals surface area contributed by atoms with Gasteiger partial charge in [0, 0.05) is 41.4 Å². The van der Waals surface area contributed by atoms with Gasteiger partial charge in [0.25, 0.3) is 5.91 Å². The molecule has 1 atom stereocenters. The van der Waals surface area contributed by atoms with Gasteiger partial charge in [0.15, 0.2) is 5.69 Å². The molecular weight excluding hydrogens is 368 g/mol. The summed E-state index contributed by atoms with van der Waals surface area (Å²) in [4.78, 5) is 15.0. The average Bonchev–Trinajstić information content (AvgIpc) is 3.16. The van der Waals surface area contributed by atoms with E-state index in [1.807, 2.05) is 33.8 Å². The minimum atomic E-state index is 0.0789. The molecule has 1 N–H and O–H groups in total. The molecule has 5 nitrogen and oxygen atoms in total. The van der Waals surface area contributed by atoms with Crippen LogP contribution in [0.1, 0.15) is 35.1 Å². The summed E-state index contributed by atoms with van der Waals surface area (Å²) in [5, 5.41) is 8.11. The quantitative estimate of drug-likeness (QED) is 0.859. The largest absolute Gasteiger partial charge is 0.334 e. The molecule has 2 heterocycles. The van der Waals surface area contributed by atoms with Crippen molar-refractivity contribution in [1.29, 1.82) is 0 Å². The summed E-state index contributed by atoms with van der Waals surface area (Å²) in [6.45, 7) is 4.46. The summed E-state index contributed by atoms with van der Waals surface area (Å²) in [5.41, 5.74) is 4.00. The lowest BCUT2D eigenvalue weighted by Gasteiger charge is -2.31. The minimum absolute atomic E-state index is 0.0789. The van der Waals surface area contributed by atoms with E-state index in [0.29, 0.717) is 11.7 Å². The van der Waals surface area contributed by atoms with Gasteiger partial charge < -0.3 is 10.2 Å². The molecule has 0 saturated carbocycles. The topological polar surface area (TPSA) is 50.2 Å². The average molecular weight is 389 g/mol. The molecule has 1 aromatic heterocycles. The van der Waals surface area contributed by atoms with Crippen LogP contribution < -0.4 is 5.32 Å². The number of piperazine rings is 1. The SMILES string of the molecule is CC1CN(C(=O)c2nn(-c3cccc(Br)c3)c3c2CCC3)CCN1. The first kappa shape index (κ1) is 15.8. The van der Waals surface area contributed by atoms with Gasteiger partial charge in [-0.05, 0) is 44.4 Å². The predicted molar refractivity (Wildman–Crippen MR) is 96.7 cm³/mol. The van der Waals surface area contributed by atoms with Crippen molar-refractivity contribution in [3.63, 3.8) is 0 Å². The normalized spacial score (nSPS) is 20.2. The van der Waals surface area contributed by atoms with E-state index in [9.17, 15) is 4.79 Å². The van der Waals surface area contributed by atoms with Gasteiger partial charge in [-0.1, -0.05) is 22.0 Å². The second-order valence-corrected chi connectivity index (χ2v) is 7.54. The summed E-state index contributed by atoms with van der Waals surface area (Å²) in [7, 11) is 0. The van der Waals surface area contributed by atoms with E-state index >= 15 is 0 Å². The fraction of sp³-hybridized carbons (Fsp3) is 0.444. The molecule has 0 spiro atoms. The van der Waals surface area contributed by atoms with Gasteiger partial charge in [0.2, 0.25) is 0 Å². The van der Waals surface area contributed by atoms with Crippen molar-refractivity contribution in [2.45, 2.75) is 32.2 Å². The zero-order chi connectivity index (χ0) is 16.7. The van der Waals surface area contributed by atoms with Gasteiger partial charge in [0.05, 0.1) is 5.69 Å². The lowest BCUT2D eigenvalue weighted by Crippen LogP contribution is -2.51. The van der Waals surface area contributed by atoms with Crippen molar-refractivity contribution in [2.24, 2.45) is 0 Å². The van der Waals surface area contributed by atoms with Gasteiger partial charge in [-0.3, -0.25) is 4.79 Å². The summed E-state index contributed by atoms with van der Waals surface area (Å²) >= 11 is 3.52. The van der Waals surface area contributed by atoms with Crippen LogP contribution in [0.3, 0.4) is 0 Å². The standard InChI is InChI=1S/C18H21BrN4O/c1-12-11-22(9-8-20-12)18(24)17-15-6-3-7-16(15)23(21-17)14-5-2-4-13(19)10-14/h2,4-5,10,12,20H,3,6-9,11H2,1H3. The molecule has 1 aliphatic heterocycles. The van der Waals surface area contributed by atoms with E-state index in [-0.39, 0.29) is 5.91 Å². The number of nitrogens with zero attached hydrogens (tertiary/aromatic N) is 3. The van der Waals surface area contributed by atoms with Crippen LogP contribution in [0.25, 0.3) is 5.69 Å². The molecule has 6 heteroatoms. The number of hydrogen-bond donors (Lipinski definition) is 1. The van der Waals surface area contributed by atoms with Crippen LogP contribution in [0.2, 0.25) is 0 Å². The molecule has 0 bridgehead atoms. The van der Waals surface area contributed by atoms with Crippen LogP contribution in [-0.2, 0) is 12.8 Å². The van der Waals surface area contributed by atoms with Crippen LogP contribution in [0.4, 0.5) is 0 Å². The third-order valence-electron chi connectivity index (χ3n) is 4.84. The molecular formula is C18H21BrN4O. The van der Waals surface area contributed by atoms with Crippen LogP contribution in [0, 0.1) is 0 Å². The molecule has 24 heavy (non-hydrogen) atoms. The number of halogens is 1. The summed E-state index contributed by atoms with van der Waals surface area (Å²) in [6, 6.07) is 8.43. The highest BCUT2D eigenvalue weighted by Crippen LogP contribution is 2.29. The summed E-state index contributed by atoms with van der Waals surface area (Å²) in [6.07, 6.45) is 3.03. The zero-order valence-electron chi connectivity index (χ0n) is 13.8. The van der Waals surface area contributed by atoms with Gasteiger partial charge >= 0.3 is 0 Å². The predicted octanol–water partition coefficient (Wildman–Crippen LogP) is 2.56. The first-order valence-corrected chi connectivity index (χ1v) is 9.32. The number of amides is 1. The number of carbonyl (C=O) groups excluding carboxylic acids is 1. The van der Waals surface area contributed by atoms with Gasteiger partial charge in [-0.2, -0.15) is 5.10 Å². The highest BCUT2D eigenvalue weighted by molar-refractivity contribution is 9.10. The number of aromatic nitrogens is 2. The molecule has 4 rings (SSSR count). The first-order chi connectivity index (χ1) is 11.6. The summed E-state index contributed by atoms with van der Waals surface area (Å²) < 4.78 is 2.98. The number of hydrogen-bond acceptors (Lipinski definition) is 3. The van der Waals surface area contributed by atoms with Crippen LogP contribution >= 0.6 is 15.9 Å². The van der Waals surface area contributed by atoms with E-state index in [4.69, 9.17) is 5.10 Å². The second-order valence-electron chi connectivity index (χ2n) is 6.63. The molecule has 1 aliphatic carbocycles. The van der Waals surface area contributed by atoms with E-state index in [2.05, 4.69) is 28.2 Å². The Bertz CT molecular complexity index is 785. The molecule has 1 unspecified atom stereocenters. The Morgan fingerprint density at radius 3 is 3.04 bits per heavy atom. The Morgan fingerprint density at radius 2 is 2.25 bits per heavy atom.